The van der Waals surface area contributed by atoms with E-state index in [1.807, 2.05) is 0 Å². The van der Waals surface area contributed by atoms with Crippen molar-refractivity contribution >= 4 is 29.9 Å². The molecule has 0 saturated heterocycles. The lowest BCUT2D eigenvalue weighted by molar-refractivity contribution is 0.0579. The highest BCUT2D eigenvalue weighted by atomic mass is 127. The molecule has 0 amide bonds. The Morgan fingerprint density at radius 2 is 1.90 bits per heavy atom. The van der Waals surface area contributed by atoms with Gasteiger partial charge in [0.15, 0.2) is 5.96 Å². The molecule has 0 aromatic carbocycles. The van der Waals surface area contributed by atoms with E-state index in [0.717, 1.165) is 32.1 Å². The number of rotatable bonds is 8. The Morgan fingerprint density at radius 1 is 1.24 bits per heavy atom. The highest BCUT2D eigenvalue weighted by Gasteiger charge is 2.14. The maximum atomic E-state index is 5.85. The molecule has 0 aliphatic heterocycles. The first-order valence-electron chi connectivity index (χ1n) is 8.30. The second kappa shape index (κ2) is 12.5. The fourth-order valence-electron chi connectivity index (χ4n) is 2.26. The van der Waals surface area contributed by atoms with Gasteiger partial charge in [0.05, 0.1) is 6.10 Å². The second-order valence-corrected chi connectivity index (χ2v) is 6.07. The minimum Gasteiger partial charge on any atom is -0.378 e. The van der Waals surface area contributed by atoms with Crippen molar-refractivity contribution in [3.63, 3.8) is 0 Å². The van der Waals surface area contributed by atoms with Crippen LogP contribution >= 0.6 is 24.0 Å². The zero-order chi connectivity index (χ0) is 14.8. The summed E-state index contributed by atoms with van der Waals surface area (Å²) in [6.45, 7) is 11.3. The molecule has 0 radical (unpaired) electrons. The average Bonchev–Trinajstić information content (AvgIpc) is 2.91. The predicted molar refractivity (Wildman–Crippen MR) is 102 cm³/mol. The van der Waals surface area contributed by atoms with Crippen molar-refractivity contribution in [2.45, 2.75) is 71.9 Å². The summed E-state index contributed by atoms with van der Waals surface area (Å²) in [6, 6.07) is 0.433. The molecule has 5 heteroatoms. The first-order valence-corrected chi connectivity index (χ1v) is 8.30. The van der Waals surface area contributed by atoms with Crippen molar-refractivity contribution < 1.29 is 4.74 Å². The van der Waals surface area contributed by atoms with Gasteiger partial charge in [0, 0.05) is 25.7 Å². The number of aliphatic imine (C=N–C) groups is 1. The number of nitrogens with zero attached hydrogens (tertiary/aromatic N) is 1. The Hall–Kier alpha value is -0.0400. The first-order chi connectivity index (χ1) is 9.63. The van der Waals surface area contributed by atoms with Crippen LogP contribution in [0.3, 0.4) is 0 Å². The van der Waals surface area contributed by atoms with Crippen molar-refractivity contribution in [2.24, 2.45) is 10.9 Å². The molecule has 1 atom stereocenters. The molecule has 126 valence electrons. The van der Waals surface area contributed by atoms with Crippen molar-refractivity contribution in [3.8, 4) is 0 Å². The van der Waals surface area contributed by atoms with Gasteiger partial charge in [0.25, 0.3) is 0 Å². The number of ether oxygens (including phenoxy) is 1. The van der Waals surface area contributed by atoms with Crippen LogP contribution in [0, 0.1) is 5.92 Å². The monoisotopic (exact) mass is 411 g/mol. The summed E-state index contributed by atoms with van der Waals surface area (Å²) in [5.74, 6) is 1.53. The zero-order valence-electron chi connectivity index (χ0n) is 14.2. The molecule has 0 heterocycles. The molecule has 0 aromatic heterocycles. The van der Waals surface area contributed by atoms with Crippen LogP contribution in [0.1, 0.15) is 59.8 Å². The summed E-state index contributed by atoms with van der Waals surface area (Å²) in [5.41, 5.74) is 0. The van der Waals surface area contributed by atoms with Gasteiger partial charge < -0.3 is 15.4 Å². The number of nitrogens with one attached hydrogen (secondary N) is 2. The molecule has 1 saturated carbocycles. The molecular weight excluding hydrogens is 377 g/mol. The molecule has 1 unspecified atom stereocenters. The molecule has 21 heavy (non-hydrogen) atoms. The van der Waals surface area contributed by atoms with Crippen LogP contribution in [0.4, 0.5) is 0 Å². The Balaban J connectivity index is 0.00000400. The van der Waals surface area contributed by atoms with Gasteiger partial charge >= 0.3 is 0 Å². The lowest BCUT2D eigenvalue weighted by atomic mass is 10.1. The van der Waals surface area contributed by atoms with Crippen LogP contribution in [0.25, 0.3) is 0 Å². The van der Waals surface area contributed by atoms with Crippen LogP contribution in [-0.4, -0.2) is 37.8 Å². The van der Waals surface area contributed by atoms with Crippen LogP contribution in [-0.2, 0) is 4.74 Å². The van der Waals surface area contributed by atoms with Gasteiger partial charge in [0.1, 0.15) is 0 Å². The van der Waals surface area contributed by atoms with E-state index < -0.39 is 0 Å². The van der Waals surface area contributed by atoms with E-state index in [9.17, 15) is 0 Å². The summed E-state index contributed by atoms with van der Waals surface area (Å²) in [7, 11) is 0. The zero-order valence-corrected chi connectivity index (χ0v) is 16.5. The highest BCUT2D eigenvalue weighted by molar-refractivity contribution is 14.0. The third-order valence-electron chi connectivity index (χ3n) is 3.94. The minimum absolute atomic E-state index is 0. The molecular formula is C16H34IN3O. The lowest BCUT2D eigenvalue weighted by Crippen LogP contribution is -2.44. The van der Waals surface area contributed by atoms with E-state index in [0.29, 0.717) is 18.1 Å². The van der Waals surface area contributed by atoms with Crippen molar-refractivity contribution in [2.75, 3.05) is 19.7 Å². The standard InChI is InChI=1S/C16H33N3O.HI/c1-5-17-16(19-14(4)13(2)3)18-11-8-12-20-15-9-6-7-10-15;/h13-15H,5-12H2,1-4H3,(H2,17,18,19);1H. The summed E-state index contributed by atoms with van der Waals surface area (Å²) in [4.78, 5) is 4.61. The maximum absolute atomic E-state index is 5.85. The molecule has 0 aromatic rings. The van der Waals surface area contributed by atoms with E-state index in [2.05, 4.69) is 43.3 Å². The lowest BCUT2D eigenvalue weighted by Gasteiger charge is -2.20. The Labute approximate surface area is 147 Å². The molecule has 2 N–H and O–H groups in total. The van der Waals surface area contributed by atoms with E-state index in [-0.39, 0.29) is 24.0 Å². The van der Waals surface area contributed by atoms with Crippen molar-refractivity contribution in [1.29, 1.82) is 0 Å². The van der Waals surface area contributed by atoms with Crippen LogP contribution < -0.4 is 10.6 Å². The fraction of sp³-hybridized carbons (Fsp3) is 0.938. The van der Waals surface area contributed by atoms with Gasteiger partial charge in [-0.25, -0.2) is 0 Å². The Bertz CT molecular complexity index is 279. The summed E-state index contributed by atoms with van der Waals surface area (Å²) in [5, 5.41) is 6.75. The molecule has 1 aliphatic carbocycles. The van der Waals surface area contributed by atoms with Gasteiger partial charge in [0.2, 0.25) is 0 Å². The topological polar surface area (TPSA) is 45.7 Å². The number of halogens is 1. The van der Waals surface area contributed by atoms with Gasteiger partial charge in [-0.2, -0.15) is 0 Å². The minimum atomic E-state index is 0. The van der Waals surface area contributed by atoms with E-state index in [1.54, 1.807) is 0 Å². The summed E-state index contributed by atoms with van der Waals surface area (Å²) < 4.78 is 5.85. The van der Waals surface area contributed by atoms with Crippen LogP contribution in [0.15, 0.2) is 4.99 Å². The molecule has 1 fully saturated rings. The largest absolute Gasteiger partial charge is 0.378 e. The second-order valence-electron chi connectivity index (χ2n) is 6.07. The number of hydrogen-bond acceptors (Lipinski definition) is 2. The van der Waals surface area contributed by atoms with E-state index in [1.165, 1.54) is 25.7 Å². The number of guanidine groups is 1. The normalized spacial score (nSPS) is 17.7. The molecule has 0 bridgehead atoms. The predicted octanol–water partition coefficient (Wildman–Crippen LogP) is 3.55. The van der Waals surface area contributed by atoms with Gasteiger partial charge in [-0.05, 0) is 39.0 Å². The molecule has 4 nitrogen and oxygen atoms in total. The van der Waals surface area contributed by atoms with Gasteiger partial charge in [-0.1, -0.05) is 26.7 Å². The van der Waals surface area contributed by atoms with Crippen molar-refractivity contribution in [1.82, 2.24) is 10.6 Å². The van der Waals surface area contributed by atoms with Crippen LogP contribution in [0.5, 0.6) is 0 Å². The van der Waals surface area contributed by atoms with E-state index in [4.69, 9.17) is 4.74 Å². The van der Waals surface area contributed by atoms with Gasteiger partial charge in [-0.3, -0.25) is 4.99 Å². The first kappa shape index (κ1) is 21.0. The third kappa shape index (κ3) is 9.55. The SMILES string of the molecule is CCNC(=NCCCOC1CCCC1)NC(C)C(C)C.I. The molecule has 1 rings (SSSR count). The molecule has 1 aliphatic rings. The van der Waals surface area contributed by atoms with Crippen molar-refractivity contribution in [3.05, 3.63) is 0 Å². The third-order valence-corrected chi connectivity index (χ3v) is 3.94. The maximum Gasteiger partial charge on any atom is 0.191 e. The quantitative estimate of drug-likeness (QED) is 0.278. The summed E-state index contributed by atoms with van der Waals surface area (Å²) >= 11 is 0. The average molecular weight is 411 g/mol. The summed E-state index contributed by atoms with van der Waals surface area (Å²) in [6.07, 6.45) is 6.70. The fourth-order valence-corrected chi connectivity index (χ4v) is 2.26. The Kier molecular flexibility index (Phi) is 12.5. The van der Waals surface area contributed by atoms with Gasteiger partial charge in [-0.15, -0.1) is 24.0 Å². The van der Waals surface area contributed by atoms with Crippen LogP contribution in [0.2, 0.25) is 0 Å². The molecule has 0 spiro atoms. The smallest absolute Gasteiger partial charge is 0.191 e. The Morgan fingerprint density at radius 3 is 2.48 bits per heavy atom. The highest BCUT2D eigenvalue weighted by Crippen LogP contribution is 2.20. The van der Waals surface area contributed by atoms with E-state index >= 15 is 0 Å². The number of hydrogen-bond donors (Lipinski definition) is 2.